The summed E-state index contributed by atoms with van der Waals surface area (Å²) in [7, 11) is 0. The van der Waals surface area contributed by atoms with Crippen molar-refractivity contribution < 1.29 is 9.53 Å². The summed E-state index contributed by atoms with van der Waals surface area (Å²) in [6.07, 6.45) is 1.53. The molecule has 0 aliphatic rings. The lowest BCUT2D eigenvalue weighted by Gasteiger charge is -2.16. The third-order valence-electron chi connectivity index (χ3n) is 2.47. The number of likely N-dealkylation sites (N-methyl/N-ethyl adjacent to an activating group) is 1. The van der Waals surface area contributed by atoms with Gasteiger partial charge in [-0.05, 0) is 24.9 Å². The molecule has 0 amide bonds. The molecule has 17 heavy (non-hydrogen) atoms. The summed E-state index contributed by atoms with van der Waals surface area (Å²) in [5.74, 6) is -0.155. The van der Waals surface area contributed by atoms with Crippen molar-refractivity contribution in [1.29, 1.82) is 0 Å². The Balaban J connectivity index is 2.56. The minimum atomic E-state index is -0.242. The molecule has 1 N–H and O–H groups in total. The molecule has 0 bridgehead atoms. The molecule has 0 aliphatic heterocycles. The van der Waals surface area contributed by atoms with Crippen molar-refractivity contribution in [3.8, 4) is 0 Å². The lowest BCUT2D eigenvalue weighted by molar-refractivity contribution is -0.146. The third-order valence-corrected chi connectivity index (χ3v) is 2.47. The van der Waals surface area contributed by atoms with Crippen LogP contribution in [-0.4, -0.2) is 25.2 Å². The van der Waals surface area contributed by atoms with Crippen molar-refractivity contribution in [3.05, 3.63) is 35.9 Å². The first kappa shape index (κ1) is 13.7. The van der Waals surface area contributed by atoms with Gasteiger partial charge in [-0.3, -0.25) is 4.79 Å². The van der Waals surface area contributed by atoms with Gasteiger partial charge in [0.25, 0.3) is 0 Å². The topological polar surface area (TPSA) is 38.3 Å². The lowest BCUT2D eigenvalue weighted by atomic mass is 10.1. The standard InChI is InChI=1S/C14H21NO2/c1-3-10-17-14(16)13(15-4-2)11-12-8-6-5-7-9-12/h5-9,13,15H,3-4,10-11H2,1-2H3. The molecule has 0 saturated carbocycles. The van der Waals surface area contributed by atoms with E-state index in [0.717, 1.165) is 18.5 Å². The molecule has 0 heterocycles. The number of rotatable bonds is 7. The second-order valence-electron chi connectivity index (χ2n) is 3.97. The van der Waals surface area contributed by atoms with E-state index in [9.17, 15) is 4.79 Å². The van der Waals surface area contributed by atoms with Crippen LogP contribution in [0.2, 0.25) is 0 Å². The molecular formula is C14H21NO2. The highest BCUT2D eigenvalue weighted by atomic mass is 16.5. The van der Waals surface area contributed by atoms with Gasteiger partial charge in [-0.25, -0.2) is 0 Å². The fourth-order valence-electron chi connectivity index (χ4n) is 1.64. The van der Waals surface area contributed by atoms with Crippen LogP contribution in [0, 0.1) is 0 Å². The van der Waals surface area contributed by atoms with E-state index in [0.29, 0.717) is 13.0 Å². The van der Waals surface area contributed by atoms with Crippen LogP contribution >= 0.6 is 0 Å². The van der Waals surface area contributed by atoms with Crippen LogP contribution in [0.15, 0.2) is 30.3 Å². The predicted octanol–water partition coefficient (Wildman–Crippen LogP) is 2.16. The number of carbonyl (C=O) groups excluding carboxylic acids is 1. The van der Waals surface area contributed by atoms with E-state index in [1.165, 1.54) is 0 Å². The van der Waals surface area contributed by atoms with Crippen molar-refractivity contribution in [2.75, 3.05) is 13.2 Å². The summed E-state index contributed by atoms with van der Waals surface area (Å²) in [5, 5.41) is 3.17. The maximum Gasteiger partial charge on any atom is 0.323 e. The van der Waals surface area contributed by atoms with Gasteiger partial charge in [0.2, 0.25) is 0 Å². The molecule has 3 heteroatoms. The molecule has 1 atom stereocenters. The van der Waals surface area contributed by atoms with Crippen LogP contribution < -0.4 is 5.32 Å². The molecule has 0 fully saturated rings. The Morgan fingerprint density at radius 3 is 2.59 bits per heavy atom. The molecule has 1 aromatic carbocycles. The fraction of sp³-hybridized carbons (Fsp3) is 0.500. The highest BCUT2D eigenvalue weighted by Crippen LogP contribution is 2.04. The third kappa shape index (κ3) is 5.00. The Bertz CT molecular complexity index is 324. The fourth-order valence-corrected chi connectivity index (χ4v) is 1.64. The van der Waals surface area contributed by atoms with Gasteiger partial charge in [-0.1, -0.05) is 44.2 Å². The monoisotopic (exact) mass is 235 g/mol. The minimum absolute atomic E-state index is 0.155. The number of nitrogens with one attached hydrogen (secondary N) is 1. The summed E-state index contributed by atoms with van der Waals surface area (Å²) in [6, 6.07) is 9.75. The van der Waals surface area contributed by atoms with E-state index in [4.69, 9.17) is 4.74 Å². The maximum atomic E-state index is 11.8. The largest absolute Gasteiger partial charge is 0.465 e. The number of hydrogen-bond donors (Lipinski definition) is 1. The van der Waals surface area contributed by atoms with Crippen LogP contribution in [0.25, 0.3) is 0 Å². The molecule has 0 aliphatic carbocycles. The van der Waals surface area contributed by atoms with Crippen LogP contribution in [0.4, 0.5) is 0 Å². The van der Waals surface area contributed by atoms with E-state index in [1.807, 2.05) is 44.2 Å². The van der Waals surface area contributed by atoms with Crippen LogP contribution in [0.1, 0.15) is 25.8 Å². The Kier molecular flexibility index (Phi) is 6.33. The normalized spacial score (nSPS) is 12.1. The van der Waals surface area contributed by atoms with Crippen molar-refractivity contribution in [2.45, 2.75) is 32.7 Å². The van der Waals surface area contributed by atoms with E-state index in [-0.39, 0.29) is 12.0 Å². The van der Waals surface area contributed by atoms with Gasteiger partial charge in [-0.2, -0.15) is 0 Å². The van der Waals surface area contributed by atoms with Gasteiger partial charge >= 0.3 is 5.97 Å². The first-order valence-electron chi connectivity index (χ1n) is 6.21. The van der Waals surface area contributed by atoms with E-state index >= 15 is 0 Å². The molecule has 1 aromatic rings. The SMILES string of the molecule is CCCOC(=O)C(Cc1ccccc1)NCC. The van der Waals surface area contributed by atoms with Crippen molar-refractivity contribution in [1.82, 2.24) is 5.32 Å². The summed E-state index contributed by atoms with van der Waals surface area (Å²) >= 11 is 0. The van der Waals surface area contributed by atoms with Crippen molar-refractivity contribution in [2.24, 2.45) is 0 Å². The number of ether oxygens (including phenoxy) is 1. The molecule has 0 saturated heterocycles. The van der Waals surface area contributed by atoms with Gasteiger partial charge in [0.15, 0.2) is 0 Å². The smallest absolute Gasteiger partial charge is 0.323 e. The second kappa shape index (κ2) is 7.85. The summed E-state index contributed by atoms with van der Waals surface area (Å²) in [6.45, 7) is 5.24. The zero-order valence-electron chi connectivity index (χ0n) is 10.6. The average molecular weight is 235 g/mol. The minimum Gasteiger partial charge on any atom is -0.465 e. The van der Waals surface area contributed by atoms with Gasteiger partial charge in [0, 0.05) is 0 Å². The molecular weight excluding hydrogens is 214 g/mol. The molecule has 1 rings (SSSR count). The van der Waals surface area contributed by atoms with Gasteiger partial charge in [-0.15, -0.1) is 0 Å². The Morgan fingerprint density at radius 2 is 2.00 bits per heavy atom. The molecule has 94 valence electrons. The zero-order chi connectivity index (χ0) is 12.5. The highest BCUT2D eigenvalue weighted by molar-refractivity contribution is 5.76. The quantitative estimate of drug-likeness (QED) is 0.736. The Hall–Kier alpha value is -1.35. The van der Waals surface area contributed by atoms with Gasteiger partial charge in [0.1, 0.15) is 6.04 Å². The number of benzene rings is 1. The lowest BCUT2D eigenvalue weighted by Crippen LogP contribution is -2.39. The average Bonchev–Trinajstić information content (AvgIpc) is 2.36. The zero-order valence-corrected chi connectivity index (χ0v) is 10.6. The summed E-state index contributed by atoms with van der Waals surface area (Å²) in [4.78, 5) is 11.8. The highest BCUT2D eigenvalue weighted by Gasteiger charge is 2.18. The predicted molar refractivity (Wildman–Crippen MR) is 68.9 cm³/mol. The summed E-state index contributed by atoms with van der Waals surface area (Å²) in [5.41, 5.74) is 1.15. The molecule has 0 aromatic heterocycles. The van der Waals surface area contributed by atoms with Crippen LogP contribution in [0.3, 0.4) is 0 Å². The maximum absolute atomic E-state index is 11.8. The molecule has 3 nitrogen and oxygen atoms in total. The Labute approximate surface area is 103 Å². The van der Waals surface area contributed by atoms with Crippen LogP contribution in [0.5, 0.6) is 0 Å². The van der Waals surface area contributed by atoms with E-state index in [2.05, 4.69) is 5.32 Å². The van der Waals surface area contributed by atoms with Crippen molar-refractivity contribution >= 4 is 5.97 Å². The number of carbonyl (C=O) groups is 1. The van der Waals surface area contributed by atoms with E-state index < -0.39 is 0 Å². The summed E-state index contributed by atoms with van der Waals surface area (Å²) < 4.78 is 5.18. The van der Waals surface area contributed by atoms with Gasteiger partial charge < -0.3 is 10.1 Å². The van der Waals surface area contributed by atoms with Crippen LogP contribution in [-0.2, 0) is 16.0 Å². The Morgan fingerprint density at radius 1 is 1.29 bits per heavy atom. The molecule has 0 spiro atoms. The first-order chi connectivity index (χ1) is 8.27. The number of esters is 1. The number of hydrogen-bond acceptors (Lipinski definition) is 3. The molecule has 1 unspecified atom stereocenters. The van der Waals surface area contributed by atoms with E-state index in [1.54, 1.807) is 0 Å². The van der Waals surface area contributed by atoms with Gasteiger partial charge in [0.05, 0.1) is 6.61 Å². The molecule has 0 radical (unpaired) electrons. The first-order valence-corrected chi connectivity index (χ1v) is 6.21. The second-order valence-corrected chi connectivity index (χ2v) is 3.97. The van der Waals surface area contributed by atoms with Crippen molar-refractivity contribution in [3.63, 3.8) is 0 Å².